The summed E-state index contributed by atoms with van der Waals surface area (Å²) in [5.41, 5.74) is 1.30. The van der Waals surface area contributed by atoms with Crippen molar-refractivity contribution in [1.82, 2.24) is 14.7 Å². The maximum Gasteiger partial charge on any atom is 0.262 e. The summed E-state index contributed by atoms with van der Waals surface area (Å²) >= 11 is 7.52. The van der Waals surface area contributed by atoms with Crippen LogP contribution in [0.2, 0.25) is 5.02 Å². The van der Waals surface area contributed by atoms with E-state index in [1.54, 1.807) is 35.1 Å². The average molecular weight is 416 g/mol. The van der Waals surface area contributed by atoms with Gasteiger partial charge in [-0.3, -0.25) is 9.36 Å². The molecular weight excluding hydrogens is 398 g/mol. The van der Waals surface area contributed by atoms with Crippen molar-refractivity contribution in [3.63, 3.8) is 0 Å². The van der Waals surface area contributed by atoms with Crippen molar-refractivity contribution in [3.8, 4) is 11.5 Å². The van der Waals surface area contributed by atoms with E-state index in [2.05, 4.69) is 19.0 Å². The third kappa shape index (κ3) is 3.86. The predicted molar refractivity (Wildman–Crippen MR) is 110 cm³/mol. The first-order valence-corrected chi connectivity index (χ1v) is 10.2. The highest BCUT2D eigenvalue weighted by Gasteiger charge is 2.15. The number of furan rings is 1. The van der Waals surface area contributed by atoms with Crippen molar-refractivity contribution in [3.05, 3.63) is 63.7 Å². The highest BCUT2D eigenvalue weighted by molar-refractivity contribution is 7.98. The van der Waals surface area contributed by atoms with Crippen LogP contribution in [0.25, 0.3) is 22.4 Å². The van der Waals surface area contributed by atoms with E-state index in [9.17, 15) is 4.79 Å². The molecule has 0 amide bonds. The normalized spacial score (nSPS) is 11.6. The number of rotatable bonds is 6. The topological polar surface area (TPSA) is 74.1 Å². The highest BCUT2D eigenvalue weighted by Crippen LogP contribution is 2.26. The number of fused-ring (bicyclic) bond motifs is 1. The Bertz CT molecular complexity index is 1170. The summed E-state index contributed by atoms with van der Waals surface area (Å²) < 4.78 is 12.4. The summed E-state index contributed by atoms with van der Waals surface area (Å²) in [6.45, 7) is 4.71. The number of aromatic nitrogens is 3. The van der Waals surface area contributed by atoms with E-state index in [0.29, 0.717) is 50.8 Å². The molecule has 6 nitrogen and oxygen atoms in total. The van der Waals surface area contributed by atoms with Crippen LogP contribution in [0, 0.1) is 5.92 Å². The van der Waals surface area contributed by atoms with E-state index < -0.39 is 0 Å². The van der Waals surface area contributed by atoms with Crippen molar-refractivity contribution in [2.45, 2.75) is 31.3 Å². The van der Waals surface area contributed by atoms with Crippen LogP contribution in [0.1, 0.15) is 19.5 Å². The van der Waals surface area contributed by atoms with E-state index in [4.69, 9.17) is 25.5 Å². The first kappa shape index (κ1) is 18.8. The van der Waals surface area contributed by atoms with Gasteiger partial charge in [-0.25, -0.2) is 4.98 Å². The summed E-state index contributed by atoms with van der Waals surface area (Å²) in [5, 5.41) is 5.79. The van der Waals surface area contributed by atoms with Gasteiger partial charge >= 0.3 is 0 Å². The van der Waals surface area contributed by atoms with Crippen LogP contribution >= 0.6 is 23.4 Å². The van der Waals surface area contributed by atoms with Gasteiger partial charge in [0.2, 0.25) is 5.76 Å². The molecule has 3 aromatic heterocycles. The minimum absolute atomic E-state index is 0.0832. The Morgan fingerprint density at radius 2 is 2.07 bits per heavy atom. The van der Waals surface area contributed by atoms with Gasteiger partial charge in [-0.1, -0.05) is 42.4 Å². The summed E-state index contributed by atoms with van der Waals surface area (Å²) in [4.78, 5) is 17.7. The maximum absolute atomic E-state index is 13.0. The molecule has 4 aromatic rings. The van der Waals surface area contributed by atoms with Gasteiger partial charge in [0.05, 0.1) is 22.9 Å². The molecule has 0 aliphatic heterocycles. The minimum Gasteiger partial charge on any atom is -0.461 e. The molecule has 0 aliphatic carbocycles. The Kier molecular flexibility index (Phi) is 5.28. The number of halogens is 1. The fourth-order valence-electron chi connectivity index (χ4n) is 2.86. The van der Waals surface area contributed by atoms with Gasteiger partial charge in [-0.05, 0) is 36.2 Å². The lowest BCUT2D eigenvalue weighted by Gasteiger charge is -2.14. The second kappa shape index (κ2) is 7.85. The third-order valence-electron chi connectivity index (χ3n) is 4.10. The summed E-state index contributed by atoms with van der Waals surface area (Å²) in [7, 11) is 0. The first-order chi connectivity index (χ1) is 13.5. The fourth-order valence-corrected chi connectivity index (χ4v) is 3.92. The molecule has 0 aliphatic rings. The summed E-state index contributed by atoms with van der Waals surface area (Å²) in [6, 6.07) is 10.6. The molecule has 3 heterocycles. The Morgan fingerprint density at radius 3 is 2.82 bits per heavy atom. The first-order valence-electron chi connectivity index (χ1n) is 8.83. The largest absolute Gasteiger partial charge is 0.461 e. The van der Waals surface area contributed by atoms with Crippen molar-refractivity contribution >= 4 is 34.3 Å². The van der Waals surface area contributed by atoms with E-state index in [0.717, 1.165) is 5.69 Å². The standard InChI is InChI=1S/C20H18ClN3O3S/c1-12(2)10-24-19(25)15-8-13(21)5-6-16(15)22-20(24)28-11-14-9-18(27-23-14)17-4-3-7-26-17/h3-9,12H,10-11H2,1-2H3. The SMILES string of the molecule is CC(C)Cn1c(SCc2cc(-c3ccco3)on2)nc2ccc(Cl)cc2c1=O. The predicted octanol–water partition coefficient (Wildman–Crippen LogP) is 5.25. The Morgan fingerprint density at radius 1 is 1.21 bits per heavy atom. The molecule has 0 atom stereocenters. The summed E-state index contributed by atoms with van der Waals surface area (Å²) in [5.74, 6) is 2.02. The molecule has 1 aromatic carbocycles. The number of thioether (sulfide) groups is 1. The van der Waals surface area contributed by atoms with Gasteiger partial charge in [0, 0.05) is 23.4 Å². The van der Waals surface area contributed by atoms with Gasteiger partial charge in [-0.15, -0.1) is 0 Å². The highest BCUT2D eigenvalue weighted by atomic mass is 35.5. The molecule has 0 saturated carbocycles. The minimum atomic E-state index is -0.0832. The van der Waals surface area contributed by atoms with E-state index >= 15 is 0 Å². The summed E-state index contributed by atoms with van der Waals surface area (Å²) in [6.07, 6.45) is 1.59. The lowest BCUT2D eigenvalue weighted by Crippen LogP contribution is -2.25. The molecule has 28 heavy (non-hydrogen) atoms. The molecule has 144 valence electrons. The second-order valence-corrected chi connectivity index (χ2v) is 8.19. The fraction of sp³-hybridized carbons (Fsp3) is 0.250. The zero-order chi connectivity index (χ0) is 19.7. The van der Waals surface area contributed by atoms with Crippen LogP contribution in [-0.4, -0.2) is 14.7 Å². The Balaban J connectivity index is 1.65. The molecule has 8 heteroatoms. The zero-order valence-corrected chi connectivity index (χ0v) is 17.0. The third-order valence-corrected chi connectivity index (χ3v) is 5.35. The van der Waals surface area contributed by atoms with Gasteiger partial charge in [0.1, 0.15) is 0 Å². The Labute approximate surface area is 170 Å². The lowest BCUT2D eigenvalue weighted by atomic mass is 10.2. The zero-order valence-electron chi connectivity index (χ0n) is 15.4. The van der Waals surface area contributed by atoms with Crippen LogP contribution < -0.4 is 5.56 Å². The molecule has 0 saturated heterocycles. The maximum atomic E-state index is 13.0. The van der Waals surface area contributed by atoms with Crippen molar-refractivity contribution in [1.29, 1.82) is 0 Å². The smallest absolute Gasteiger partial charge is 0.262 e. The van der Waals surface area contributed by atoms with E-state index in [-0.39, 0.29) is 5.56 Å². The average Bonchev–Trinajstić information content (AvgIpc) is 3.34. The van der Waals surface area contributed by atoms with Crippen LogP contribution in [0.3, 0.4) is 0 Å². The van der Waals surface area contributed by atoms with Crippen molar-refractivity contribution < 1.29 is 8.94 Å². The monoisotopic (exact) mass is 415 g/mol. The van der Waals surface area contributed by atoms with Crippen LogP contribution in [0.15, 0.2) is 61.6 Å². The molecule has 0 unspecified atom stereocenters. The van der Waals surface area contributed by atoms with Crippen LogP contribution in [0.4, 0.5) is 0 Å². The number of nitrogens with zero attached hydrogens (tertiary/aromatic N) is 3. The lowest BCUT2D eigenvalue weighted by molar-refractivity contribution is 0.413. The molecular formula is C20H18ClN3O3S. The van der Waals surface area contributed by atoms with Crippen LogP contribution in [-0.2, 0) is 12.3 Å². The molecule has 0 radical (unpaired) electrons. The quantitative estimate of drug-likeness (QED) is 0.316. The number of hydrogen-bond donors (Lipinski definition) is 0. The van der Waals surface area contributed by atoms with Gasteiger partial charge < -0.3 is 8.94 Å². The van der Waals surface area contributed by atoms with Crippen molar-refractivity contribution in [2.75, 3.05) is 0 Å². The number of hydrogen-bond acceptors (Lipinski definition) is 6. The molecule has 0 N–H and O–H groups in total. The van der Waals surface area contributed by atoms with Gasteiger partial charge in [-0.2, -0.15) is 0 Å². The van der Waals surface area contributed by atoms with Gasteiger partial charge in [0.25, 0.3) is 5.56 Å². The van der Waals surface area contributed by atoms with Crippen LogP contribution in [0.5, 0.6) is 0 Å². The van der Waals surface area contributed by atoms with Crippen molar-refractivity contribution in [2.24, 2.45) is 5.92 Å². The van der Waals surface area contributed by atoms with E-state index in [1.165, 1.54) is 11.8 Å². The molecule has 0 bridgehead atoms. The molecule has 0 spiro atoms. The Hall–Kier alpha value is -2.51. The second-order valence-electron chi connectivity index (χ2n) is 6.81. The molecule has 4 rings (SSSR count). The van der Waals surface area contributed by atoms with E-state index in [1.807, 2.05) is 12.1 Å². The number of benzene rings is 1. The molecule has 0 fully saturated rings. The van der Waals surface area contributed by atoms with Gasteiger partial charge in [0.15, 0.2) is 10.9 Å².